The molecule has 2 unspecified atom stereocenters. The number of ether oxygens (including phenoxy) is 1. The fourth-order valence-corrected chi connectivity index (χ4v) is 2.28. The van der Waals surface area contributed by atoms with E-state index in [0.29, 0.717) is 6.04 Å². The first-order chi connectivity index (χ1) is 10.6. The van der Waals surface area contributed by atoms with Gasteiger partial charge in [-0.3, -0.25) is 0 Å². The summed E-state index contributed by atoms with van der Waals surface area (Å²) in [6, 6.07) is 8.46. The van der Waals surface area contributed by atoms with Gasteiger partial charge in [-0.05, 0) is 44.1 Å². The number of benzene rings is 1. The summed E-state index contributed by atoms with van der Waals surface area (Å²) in [4.78, 5) is 2.43. The first-order valence-electron chi connectivity index (χ1n) is 8.35. The second-order valence-electron chi connectivity index (χ2n) is 5.07. The second kappa shape index (κ2) is 12.4. The molecule has 0 aliphatic rings. The molecule has 0 saturated carbocycles. The van der Waals surface area contributed by atoms with Crippen LogP contribution in [0.15, 0.2) is 24.3 Å². The predicted molar refractivity (Wildman–Crippen MR) is 92.5 cm³/mol. The van der Waals surface area contributed by atoms with Gasteiger partial charge in [-0.2, -0.15) is 0 Å². The summed E-state index contributed by atoms with van der Waals surface area (Å²) < 4.78 is 5.39. The number of hydrogen-bond acceptors (Lipinski definition) is 4. The molecule has 0 aromatic heterocycles. The molecule has 0 radical (unpaired) electrons. The zero-order valence-electron chi connectivity index (χ0n) is 14.7. The number of likely N-dealkylation sites (N-methyl/N-ethyl adjacent to an activating group) is 1. The molecule has 4 heteroatoms. The first kappa shape index (κ1) is 20.9. The summed E-state index contributed by atoms with van der Waals surface area (Å²) in [5.74, 6) is 0.719. The molecule has 0 aliphatic heterocycles. The zero-order chi connectivity index (χ0) is 17.0. The van der Waals surface area contributed by atoms with Crippen molar-refractivity contribution in [3.8, 4) is 5.75 Å². The molecule has 0 aliphatic carbocycles. The van der Waals surface area contributed by atoms with E-state index in [1.165, 1.54) is 5.56 Å². The van der Waals surface area contributed by atoms with Gasteiger partial charge in [0.05, 0.1) is 6.61 Å². The topological polar surface area (TPSA) is 52.9 Å². The van der Waals surface area contributed by atoms with E-state index in [1.54, 1.807) is 0 Å². The summed E-state index contributed by atoms with van der Waals surface area (Å²) in [5, 5.41) is 17.9. The fraction of sp³-hybridized carbons (Fsp3) is 0.667. The maximum atomic E-state index is 9.23. The molecular weight excluding hydrogens is 278 g/mol. The first-order valence-corrected chi connectivity index (χ1v) is 8.35. The maximum Gasteiger partial charge on any atom is 0.119 e. The third-order valence-electron chi connectivity index (χ3n) is 3.54. The van der Waals surface area contributed by atoms with Crippen LogP contribution >= 0.6 is 0 Å². The van der Waals surface area contributed by atoms with Gasteiger partial charge < -0.3 is 19.8 Å². The molecule has 2 atom stereocenters. The highest BCUT2D eigenvalue weighted by atomic mass is 16.5. The van der Waals surface area contributed by atoms with E-state index >= 15 is 0 Å². The molecular formula is C18H33NO3. The zero-order valence-corrected chi connectivity index (χ0v) is 14.7. The average Bonchev–Trinajstić information content (AvgIpc) is 2.56. The normalized spacial score (nSPS) is 13.3. The Kier molecular flexibility index (Phi) is 11.8. The molecule has 1 aromatic rings. The third kappa shape index (κ3) is 7.78. The molecule has 128 valence electrons. The smallest absolute Gasteiger partial charge is 0.119 e. The average molecular weight is 311 g/mol. The maximum absolute atomic E-state index is 9.23. The summed E-state index contributed by atoms with van der Waals surface area (Å²) in [5.41, 5.74) is 1.28. The standard InChI is InChI=1S/C16H27NO3.C2H6/c1-4-17(5-2)13(3)10-14-6-8-16(9-7-14)20-12-15(19)11-18;1-2/h6-9,13,15,18-19H,4-5,10-12H2,1-3H3;1-2H3. The van der Waals surface area contributed by atoms with Crippen LogP contribution in [0.25, 0.3) is 0 Å². The number of hydrogen-bond donors (Lipinski definition) is 2. The lowest BCUT2D eigenvalue weighted by Gasteiger charge is -2.26. The highest BCUT2D eigenvalue weighted by Gasteiger charge is 2.10. The van der Waals surface area contributed by atoms with E-state index in [2.05, 4.69) is 37.8 Å². The van der Waals surface area contributed by atoms with Gasteiger partial charge in [0.15, 0.2) is 0 Å². The Morgan fingerprint density at radius 2 is 1.64 bits per heavy atom. The number of nitrogens with zero attached hydrogens (tertiary/aromatic N) is 1. The molecule has 0 fully saturated rings. The van der Waals surface area contributed by atoms with Crippen LogP contribution in [0, 0.1) is 0 Å². The van der Waals surface area contributed by atoms with E-state index in [1.807, 2.05) is 26.0 Å². The van der Waals surface area contributed by atoms with Crippen molar-refractivity contribution in [3.05, 3.63) is 29.8 Å². The van der Waals surface area contributed by atoms with E-state index < -0.39 is 6.10 Å². The van der Waals surface area contributed by atoms with Gasteiger partial charge in [0, 0.05) is 6.04 Å². The van der Waals surface area contributed by atoms with E-state index in [0.717, 1.165) is 25.3 Å². The lowest BCUT2D eigenvalue weighted by Crippen LogP contribution is -2.34. The number of aliphatic hydroxyl groups excluding tert-OH is 2. The van der Waals surface area contributed by atoms with Crippen LogP contribution in [0.4, 0.5) is 0 Å². The Balaban J connectivity index is 0.00000211. The van der Waals surface area contributed by atoms with Crippen LogP contribution in [-0.4, -0.2) is 53.6 Å². The lowest BCUT2D eigenvalue weighted by atomic mass is 10.1. The van der Waals surface area contributed by atoms with Crippen LogP contribution < -0.4 is 4.74 Å². The van der Waals surface area contributed by atoms with Crippen molar-refractivity contribution in [2.75, 3.05) is 26.3 Å². The van der Waals surface area contributed by atoms with Crippen LogP contribution in [0.2, 0.25) is 0 Å². The van der Waals surface area contributed by atoms with Crippen molar-refractivity contribution < 1.29 is 14.9 Å². The largest absolute Gasteiger partial charge is 0.491 e. The molecule has 22 heavy (non-hydrogen) atoms. The van der Waals surface area contributed by atoms with Crippen LogP contribution in [-0.2, 0) is 6.42 Å². The second-order valence-corrected chi connectivity index (χ2v) is 5.07. The van der Waals surface area contributed by atoms with Crippen molar-refractivity contribution in [1.29, 1.82) is 0 Å². The lowest BCUT2D eigenvalue weighted by molar-refractivity contribution is 0.0536. The van der Waals surface area contributed by atoms with Crippen LogP contribution in [0.3, 0.4) is 0 Å². The van der Waals surface area contributed by atoms with Gasteiger partial charge in [-0.15, -0.1) is 0 Å². The molecule has 0 spiro atoms. The molecule has 0 saturated heterocycles. The minimum Gasteiger partial charge on any atom is -0.491 e. The SMILES string of the molecule is CC.CCN(CC)C(C)Cc1ccc(OCC(O)CO)cc1. The molecule has 0 amide bonds. The predicted octanol–water partition coefficient (Wildman–Crippen LogP) is 2.72. The fourth-order valence-electron chi connectivity index (χ4n) is 2.28. The van der Waals surface area contributed by atoms with Crippen molar-refractivity contribution in [3.63, 3.8) is 0 Å². The third-order valence-corrected chi connectivity index (χ3v) is 3.54. The monoisotopic (exact) mass is 311 g/mol. The van der Waals surface area contributed by atoms with Gasteiger partial charge in [0.2, 0.25) is 0 Å². The summed E-state index contributed by atoms with van der Waals surface area (Å²) in [6.45, 7) is 12.6. The van der Waals surface area contributed by atoms with Gasteiger partial charge in [-0.25, -0.2) is 0 Å². The van der Waals surface area contributed by atoms with Crippen LogP contribution in [0.1, 0.15) is 40.2 Å². The number of rotatable bonds is 9. The van der Waals surface area contributed by atoms with Crippen molar-refractivity contribution in [2.45, 2.75) is 53.2 Å². The Bertz CT molecular complexity index is 363. The molecule has 0 heterocycles. The summed E-state index contributed by atoms with van der Waals surface area (Å²) in [6.07, 6.45) is 0.193. The van der Waals surface area contributed by atoms with Gasteiger partial charge in [0.1, 0.15) is 18.5 Å². The van der Waals surface area contributed by atoms with E-state index in [-0.39, 0.29) is 13.2 Å². The van der Waals surface area contributed by atoms with Crippen molar-refractivity contribution in [1.82, 2.24) is 4.90 Å². The molecule has 4 nitrogen and oxygen atoms in total. The highest BCUT2D eigenvalue weighted by Crippen LogP contribution is 2.15. The highest BCUT2D eigenvalue weighted by molar-refractivity contribution is 5.27. The Hall–Kier alpha value is -1.10. The Morgan fingerprint density at radius 1 is 1.09 bits per heavy atom. The Morgan fingerprint density at radius 3 is 2.09 bits per heavy atom. The minimum atomic E-state index is -0.822. The summed E-state index contributed by atoms with van der Waals surface area (Å²) >= 11 is 0. The van der Waals surface area contributed by atoms with Crippen molar-refractivity contribution in [2.24, 2.45) is 0 Å². The number of aliphatic hydroxyl groups is 2. The minimum absolute atomic E-state index is 0.117. The van der Waals surface area contributed by atoms with Crippen molar-refractivity contribution >= 4 is 0 Å². The summed E-state index contributed by atoms with van der Waals surface area (Å²) in [7, 11) is 0. The van der Waals surface area contributed by atoms with E-state index in [4.69, 9.17) is 9.84 Å². The van der Waals surface area contributed by atoms with Gasteiger partial charge in [-0.1, -0.05) is 39.8 Å². The van der Waals surface area contributed by atoms with Gasteiger partial charge in [0.25, 0.3) is 0 Å². The molecule has 1 rings (SSSR count). The molecule has 0 bridgehead atoms. The van der Waals surface area contributed by atoms with Gasteiger partial charge >= 0.3 is 0 Å². The quantitative estimate of drug-likeness (QED) is 0.736. The van der Waals surface area contributed by atoms with Crippen LogP contribution in [0.5, 0.6) is 5.75 Å². The van der Waals surface area contributed by atoms with E-state index in [9.17, 15) is 5.11 Å². The molecule has 1 aromatic carbocycles. The molecule has 2 N–H and O–H groups in total. The Labute approximate surface area is 135 Å².